The van der Waals surface area contributed by atoms with Crippen molar-refractivity contribution < 1.29 is 8.42 Å². The normalized spacial score (nSPS) is 29.5. The minimum absolute atomic E-state index is 0.496. The number of hydrogen-bond donors (Lipinski definition) is 1. The fraction of sp³-hybridized carbons (Fsp3) is 1.00. The summed E-state index contributed by atoms with van der Waals surface area (Å²) >= 11 is 0. The molecule has 0 bridgehead atoms. The monoisotopic (exact) mass is 246 g/mol. The molecule has 5 heteroatoms. The molecule has 0 spiro atoms. The molecule has 0 aromatic carbocycles. The van der Waals surface area contributed by atoms with Crippen molar-refractivity contribution in [3.05, 3.63) is 0 Å². The highest BCUT2D eigenvalue weighted by molar-refractivity contribution is 7.88. The molecule has 1 N–H and O–H groups in total. The highest BCUT2D eigenvalue weighted by Crippen LogP contribution is 2.32. The van der Waals surface area contributed by atoms with Crippen molar-refractivity contribution >= 4 is 10.0 Å². The molecule has 2 aliphatic rings. The number of nitrogens with one attached hydrogen (secondary N) is 1. The van der Waals surface area contributed by atoms with Crippen LogP contribution in [0.25, 0.3) is 0 Å². The highest BCUT2D eigenvalue weighted by Gasteiger charge is 2.31. The fourth-order valence-corrected chi connectivity index (χ4v) is 3.30. The predicted octanol–water partition coefficient (Wildman–Crippen LogP) is 0.656. The van der Waals surface area contributed by atoms with Gasteiger partial charge < -0.3 is 5.32 Å². The third kappa shape index (κ3) is 3.18. The molecule has 0 aromatic rings. The topological polar surface area (TPSA) is 49.4 Å². The van der Waals surface area contributed by atoms with Gasteiger partial charge in [0.25, 0.3) is 0 Å². The van der Waals surface area contributed by atoms with Crippen LogP contribution in [-0.2, 0) is 10.0 Å². The lowest BCUT2D eigenvalue weighted by molar-refractivity contribution is 0.413. The van der Waals surface area contributed by atoms with Gasteiger partial charge in [0.2, 0.25) is 10.0 Å². The minimum atomic E-state index is -2.97. The van der Waals surface area contributed by atoms with Gasteiger partial charge in [0.1, 0.15) is 0 Å². The zero-order valence-electron chi connectivity index (χ0n) is 10.1. The molecular formula is C11H22N2O2S. The Kier molecular flexibility index (Phi) is 3.56. The fourth-order valence-electron chi connectivity index (χ4n) is 2.38. The van der Waals surface area contributed by atoms with E-state index in [1.165, 1.54) is 19.1 Å². The van der Waals surface area contributed by atoms with Crippen molar-refractivity contribution in [2.75, 3.05) is 25.9 Å². The van der Waals surface area contributed by atoms with E-state index < -0.39 is 10.0 Å². The van der Waals surface area contributed by atoms with Gasteiger partial charge in [-0.3, -0.25) is 0 Å². The van der Waals surface area contributed by atoms with E-state index >= 15 is 0 Å². The lowest BCUT2D eigenvalue weighted by atomic mass is 10.1. The summed E-state index contributed by atoms with van der Waals surface area (Å²) in [4.78, 5) is 0. The summed E-state index contributed by atoms with van der Waals surface area (Å²) in [5, 5.41) is 3.54. The van der Waals surface area contributed by atoms with Gasteiger partial charge in [-0.05, 0) is 44.6 Å². The Morgan fingerprint density at radius 3 is 2.56 bits per heavy atom. The molecule has 2 rings (SSSR count). The minimum Gasteiger partial charge on any atom is -0.314 e. The van der Waals surface area contributed by atoms with Crippen LogP contribution in [0.1, 0.15) is 26.2 Å². The van der Waals surface area contributed by atoms with Crippen molar-refractivity contribution in [1.82, 2.24) is 9.62 Å². The molecule has 16 heavy (non-hydrogen) atoms. The standard InChI is InChI=1S/C11H22N2O2S/c1-9(11-3-4-11)12-7-10-5-6-13(8-10)16(2,14)15/h9-12H,3-8H2,1-2H3. The third-order valence-corrected chi connectivity index (χ3v) is 5.04. The summed E-state index contributed by atoms with van der Waals surface area (Å²) in [5.41, 5.74) is 0. The molecule has 2 atom stereocenters. The van der Waals surface area contributed by atoms with Crippen LogP contribution in [-0.4, -0.2) is 44.7 Å². The van der Waals surface area contributed by atoms with Crippen molar-refractivity contribution in [1.29, 1.82) is 0 Å². The molecule has 1 saturated heterocycles. The first kappa shape index (κ1) is 12.3. The van der Waals surface area contributed by atoms with Crippen LogP contribution in [0.3, 0.4) is 0 Å². The zero-order valence-corrected chi connectivity index (χ0v) is 11.0. The Hall–Kier alpha value is -0.130. The molecule has 1 saturated carbocycles. The van der Waals surface area contributed by atoms with Gasteiger partial charge in [0.05, 0.1) is 6.26 Å². The van der Waals surface area contributed by atoms with Gasteiger partial charge >= 0.3 is 0 Å². The van der Waals surface area contributed by atoms with E-state index in [2.05, 4.69) is 12.2 Å². The second-order valence-electron chi connectivity index (χ2n) is 5.31. The molecule has 1 heterocycles. The number of hydrogen-bond acceptors (Lipinski definition) is 3. The number of rotatable bonds is 5. The molecular weight excluding hydrogens is 224 g/mol. The first-order valence-corrected chi connectivity index (χ1v) is 8.00. The van der Waals surface area contributed by atoms with Gasteiger partial charge in [-0.2, -0.15) is 0 Å². The Morgan fingerprint density at radius 1 is 1.38 bits per heavy atom. The van der Waals surface area contributed by atoms with Crippen molar-refractivity contribution in [2.45, 2.75) is 32.2 Å². The van der Waals surface area contributed by atoms with Crippen LogP contribution in [0.2, 0.25) is 0 Å². The molecule has 94 valence electrons. The lowest BCUT2D eigenvalue weighted by Crippen LogP contribution is -2.34. The largest absolute Gasteiger partial charge is 0.314 e. The maximum atomic E-state index is 11.3. The van der Waals surface area contributed by atoms with Gasteiger partial charge in [0.15, 0.2) is 0 Å². The second-order valence-corrected chi connectivity index (χ2v) is 7.29. The third-order valence-electron chi connectivity index (χ3n) is 3.78. The molecule has 1 aliphatic carbocycles. The van der Waals surface area contributed by atoms with E-state index in [4.69, 9.17) is 0 Å². The lowest BCUT2D eigenvalue weighted by Gasteiger charge is -2.17. The average molecular weight is 246 g/mol. The SMILES string of the molecule is CC(NCC1CCN(S(C)(=O)=O)C1)C1CC1. The van der Waals surface area contributed by atoms with Crippen LogP contribution in [0.4, 0.5) is 0 Å². The Labute approximate surface area is 98.4 Å². The molecule has 4 nitrogen and oxygen atoms in total. The quantitative estimate of drug-likeness (QED) is 0.775. The summed E-state index contributed by atoms with van der Waals surface area (Å²) in [5.74, 6) is 1.36. The van der Waals surface area contributed by atoms with Gasteiger partial charge in [-0.1, -0.05) is 0 Å². The molecule has 2 fully saturated rings. The van der Waals surface area contributed by atoms with Crippen LogP contribution in [0, 0.1) is 11.8 Å². The van der Waals surface area contributed by atoms with E-state index in [1.54, 1.807) is 4.31 Å². The maximum Gasteiger partial charge on any atom is 0.211 e. The molecule has 1 aliphatic heterocycles. The van der Waals surface area contributed by atoms with Gasteiger partial charge in [0, 0.05) is 19.1 Å². The average Bonchev–Trinajstić information content (AvgIpc) is 2.92. The van der Waals surface area contributed by atoms with Gasteiger partial charge in [-0.15, -0.1) is 0 Å². The second kappa shape index (κ2) is 4.63. The smallest absolute Gasteiger partial charge is 0.211 e. The van der Waals surface area contributed by atoms with E-state index in [9.17, 15) is 8.42 Å². The Morgan fingerprint density at radius 2 is 2.06 bits per heavy atom. The number of nitrogens with zero attached hydrogens (tertiary/aromatic N) is 1. The summed E-state index contributed by atoms with van der Waals surface area (Å²) < 4.78 is 24.3. The number of sulfonamides is 1. The Balaban J connectivity index is 1.72. The molecule has 0 radical (unpaired) electrons. The summed E-state index contributed by atoms with van der Waals surface area (Å²) in [7, 11) is -2.97. The highest BCUT2D eigenvalue weighted by atomic mass is 32.2. The molecule has 2 unspecified atom stereocenters. The van der Waals surface area contributed by atoms with E-state index in [1.807, 2.05) is 0 Å². The van der Waals surface area contributed by atoms with Crippen molar-refractivity contribution in [3.8, 4) is 0 Å². The van der Waals surface area contributed by atoms with Crippen LogP contribution in [0.15, 0.2) is 0 Å². The van der Waals surface area contributed by atoms with Crippen LogP contribution in [0.5, 0.6) is 0 Å². The van der Waals surface area contributed by atoms with Crippen LogP contribution < -0.4 is 5.32 Å². The predicted molar refractivity (Wildman–Crippen MR) is 64.7 cm³/mol. The summed E-state index contributed by atoms with van der Waals surface area (Å²) in [6.45, 7) is 4.59. The van der Waals surface area contributed by atoms with E-state index in [0.29, 0.717) is 25.0 Å². The zero-order chi connectivity index (χ0) is 11.8. The summed E-state index contributed by atoms with van der Waals surface area (Å²) in [6.07, 6.45) is 5.01. The first-order valence-electron chi connectivity index (χ1n) is 6.15. The van der Waals surface area contributed by atoms with Crippen molar-refractivity contribution in [2.24, 2.45) is 11.8 Å². The van der Waals surface area contributed by atoms with Crippen LogP contribution >= 0.6 is 0 Å². The molecule has 0 amide bonds. The molecule has 0 aromatic heterocycles. The van der Waals surface area contributed by atoms with E-state index in [-0.39, 0.29) is 0 Å². The Bertz CT molecular complexity index is 338. The van der Waals surface area contributed by atoms with E-state index in [0.717, 1.165) is 18.9 Å². The first-order chi connectivity index (χ1) is 7.47. The van der Waals surface area contributed by atoms with Crippen molar-refractivity contribution in [3.63, 3.8) is 0 Å². The summed E-state index contributed by atoms with van der Waals surface area (Å²) in [6, 6.07) is 0.604. The van der Waals surface area contributed by atoms with Gasteiger partial charge in [-0.25, -0.2) is 12.7 Å². The maximum absolute atomic E-state index is 11.3.